The molecule has 1 aromatic carbocycles. The highest BCUT2D eigenvalue weighted by Crippen LogP contribution is 2.22. The van der Waals surface area contributed by atoms with Crippen molar-refractivity contribution < 1.29 is 4.79 Å². The first kappa shape index (κ1) is 19.3. The molecule has 5 nitrogen and oxygen atoms in total. The van der Waals surface area contributed by atoms with Crippen molar-refractivity contribution in [3.05, 3.63) is 29.3 Å². The molecule has 6 heteroatoms. The molecule has 1 saturated heterocycles. The molecule has 0 bridgehead atoms. The van der Waals surface area contributed by atoms with Gasteiger partial charge >= 0.3 is 0 Å². The van der Waals surface area contributed by atoms with Crippen LogP contribution in [0, 0.1) is 0 Å². The lowest BCUT2D eigenvalue weighted by Gasteiger charge is -2.33. The molecule has 1 fully saturated rings. The van der Waals surface area contributed by atoms with E-state index in [4.69, 9.17) is 0 Å². The minimum Gasteiger partial charge on any atom is -0.356 e. The predicted molar refractivity (Wildman–Crippen MR) is 109 cm³/mol. The number of hydrogen-bond donors (Lipinski definition) is 1. The summed E-state index contributed by atoms with van der Waals surface area (Å²) in [6.07, 6.45) is 3.37. The average molecular weight is 375 g/mol. The van der Waals surface area contributed by atoms with Gasteiger partial charge in [-0.1, -0.05) is 19.1 Å². The molecule has 1 aliphatic rings. The highest BCUT2D eigenvalue weighted by atomic mass is 32.1. The first-order valence-corrected chi connectivity index (χ1v) is 10.6. The molecule has 1 aliphatic heterocycles. The lowest BCUT2D eigenvalue weighted by molar-refractivity contribution is -0.121. The van der Waals surface area contributed by atoms with Gasteiger partial charge in [-0.3, -0.25) is 4.79 Å². The second-order valence-electron chi connectivity index (χ2n) is 6.91. The Morgan fingerprint density at radius 3 is 2.69 bits per heavy atom. The van der Waals surface area contributed by atoms with Crippen molar-refractivity contribution in [2.75, 3.05) is 45.8 Å². The zero-order valence-corrected chi connectivity index (χ0v) is 16.6. The number of aromatic nitrogens is 1. The maximum Gasteiger partial charge on any atom is 0.220 e. The molecule has 1 aromatic heterocycles. The Labute approximate surface area is 160 Å². The van der Waals surface area contributed by atoms with Crippen molar-refractivity contribution in [1.29, 1.82) is 0 Å². The SMILES string of the molecule is CCN1CCN(CCCNC(=O)CCCc2nc3ccccc3s2)CC1. The number of piperazine rings is 1. The summed E-state index contributed by atoms with van der Waals surface area (Å²) in [4.78, 5) is 21.6. The second-order valence-corrected chi connectivity index (χ2v) is 8.02. The van der Waals surface area contributed by atoms with Crippen LogP contribution in [0.4, 0.5) is 0 Å². The summed E-state index contributed by atoms with van der Waals surface area (Å²) in [6.45, 7) is 9.91. The number of carbonyl (C=O) groups excluding carboxylic acids is 1. The summed E-state index contributed by atoms with van der Waals surface area (Å²) >= 11 is 1.74. The number of carbonyl (C=O) groups is 1. The molecule has 1 N–H and O–H groups in total. The molecule has 0 atom stereocenters. The number of nitrogens with one attached hydrogen (secondary N) is 1. The Morgan fingerprint density at radius 1 is 1.15 bits per heavy atom. The summed E-state index contributed by atoms with van der Waals surface area (Å²) in [5, 5.41) is 4.19. The van der Waals surface area contributed by atoms with Crippen molar-refractivity contribution in [2.45, 2.75) is 32.6 Å². The van der Waals surface area contributed by atoms with Gasteiger partial charge in [0, 0.05) is 39.1 Å². The molecule has 142 valence electrons. The molecule has 0 spiro atoms. The molecule has 3 rings (SSSR count). The lowest BCUT2D eigenvalue weighted by atomic mass is 10.2. The molecule has 0 unspecified atom stereocenters. The first-order chi connectivity index (χ1) is 12.7. The van der Waals surface area contributed by atoms with Gasteiger partial charge in [0.2, 0.25) is 5.91 Å². The van der Waals surface area contributed by atoms with Crippen molar-refractivity contribution in [3.8, 4) is 0 Å². The third-order valence-corrected chi connectivity index (χ3v) is 6.11. The molecule has 0 radical (unpaired) electrons. The lowest BCUT2D eigenvalue weighted by Crippen LogP contribution is -2.46. The third kappa shape index (κ3) is 5.76. The fourth-order valence-electron chi connectivity index (χ4n) is 3.38. The van der Waals surface area contributed by atoms with Gasteiger partial charge in [0.25, 0.3) is 0 Å². The fraction of sp³-hybridized carbons (Fsp3) is 0.600. The average Bonchev–Trinajstić information content (AvgIpc) is 3.08. The van der Waals surface area contributed by atoms with Crippen LogP contribution in [0.1, 0.15) is 31.2 Å². The summed E-state index contributed by atoms with van der Waals surface area (Å²) in [6, 6.07) is 8.21. The number of thiazole rings is 1. The summed E-state index contributed by atoms with van der Waals surface area (Å²) < 4.78 is 1.23. The molecular formula is C20H30N4OS. The predicted octanol–water partition coefficient (Wildman–Crippen LogP) is 2.76. The van der Waals surface area contributed by atoms with E-state index < -0.39 is 0 Å². The summed E-state index contributed by atoms with van der Waals surface area (Å²) in [5.41, 5.74) is 1.07. The number of nitrogens with zero attached hydrogens (tertiary/aromatic N) is 3. The van der Waals surface area contributed by atoms with Gasteiger partial charge in [-0.05, 0) is 44.5 Å². The Kier molecular flexibility index (Phi) is 7.41. The van der Waals surface area contributed by atoms with E-state index in [0.29, 0.717) is 6.42 Å². The van der Waals surface area contributed by atoms with Gasteiger partial charge < -0.3 is 15.1 Å². The minimum absolute atomic E-state index is 0.168. The zero-order valence-electron chi connectivity index (χ0n) is 15.7. The Balaban J connectivity index is 1.25. The quantitative estimate of drug-likeness (QED) is 0.686. The van der Waals surface area contributed by atoms with Crippen LogP contribution in [0.5, 0.6) is 0 Å². The number of rotatable bonds is 9. The highest BCUT2D eigenvalue weighted by Gasteiger charge is 2.14. The van der Waals surface area contributed by atoms with Crippen LogP contribution >= 0.6 is 11.3 Å². The normalized spacial score (nSPS) is 16.2. The van der Waals surface area contributed by atoms with E-state index in [1.165, 1.54) is 17.8 Å². The number of para-hydroxylation sites is 1. The smallest absolute Gasteiger partial charge is 0.220 e. The van der Waals surface area contributed by atoms with E-state index in [1.54, 1.807) is 11.3 Å². The number of hydrogen-bond acceptors (Lipinski definition) is 5. The summed E-state index contributed by atoms with van der Waals surface area (Å²) in [7, 11) is 0. The van der Waals surface area contributed by atoms with Crippen molar-refractivity contribution in [2.24, 2.45) is 0 Å². The molecule has 2 aromatic rings. The highest BCUT2D eigenvalue weighted by molar-refractivity contribution is 7.18. The van der Waals surface area contributed by atoms with E-state index in [-0.39, 0.29) is 5.91 Å². The second kappa shape index (κ2) is 10.00. The third-order valence-electron chi connectivity index (χ3n) is 5.02. The van der Waals surface area contributed by atoms with Gasteiger partial charge in [0.1, 0.15) is 0 Å². The van der Waals surface area contributed by atoms with Gasteiger partial charge in [-0.25, -0.2) is 4.98 Å². The molecule has 2 heterocycles. The van der Waals surface area contributed by atoms with Gasteiger partial charge in [0.15, 0.2) is 0 Å². The molecule has 1 amide bonds. The monoisotopic (exact) mass is 374 g/mol. The maximum atomic E-state index is 12.0. The first-order valence-electron chi connectivity index (χ1n) is 9.80. The molecule has 0 aliphatic carbocycles. The number of aryl methyl sites for hydroxylation is 1. The maximum absolute atomic E-state index is 12.0. The van der Waals surface area contributed by atoms with E-state index in [9.17, 15) is 4.79 Å². The Hall–Kier alpha value is -1.50. The van der Waals surface area contributed by atoms with E-state index >= 15 is 0 Å². The fourth-order valence-corrected chi connectivity index (χ4v) is 4.38. The van der Waals surface area contributed by atoms with Crippen molar-refractivity contribution in [1.82, 2.24) is 20.1 Å². The van der Waals surface area contributed by atoms with Crippen LogP contribution in [-0.2, 0) is 11.2 Å². The number of likely N-dealkylation sites (N-methyl/N-ethyl adjacent to an activating group) is 1. The Bertz CT molecular complexity index is 661. The van der Waals surface area contributed by atoms with Gasteiger partial charge in [-0.2, -0.15) is 0 Å². The van der Waals surface area contributed by atoms with Crippen LogP contribution in [0.15, 0.2) is 24.3 Å². The van der Waals surface area contributed by atoms with E-state index in [2.05, 4.69) is 33.1 Å². The van der Waals surface area contributed by atoms with Crippen molar-refractivity contribution >= 4 is 27.5 Å². The van der Waals surface area contributed by atoms with Gasteiger partial charge in [0.05, 0.1) is 15.2 Å². The molecule has 0 saturated carbocycles. The molecular weight excluding hydrogens is 344 g/mol. The Morgan fingerprint density at radius 2 is 1.92 bits per heavy atom. The van der Waals surface area contributed by atoms with Crippen LogP contribution in [-0.4, -0.2) is 66.5 Å². The van der Waals surface area contributed by atoms with Gasteiger partial charge in [-0.15, -0.1) is 11.3 Å². The van der Waals surface area contributed by atoms with E-state index in [1.807, 2.05) is 18.2 Å². The van der Waals surface area contributed by atoms with Crippen LogP contribution in [0.3, 0.4) is 0 Å². The number of benzene rings is 1. The summed E-state index contributed by atoms with van der Waals surface area (Å²) in [5.74, 6) is 0.168. The largest absolute Gasteiger partial charge is 0.356 e. The standard InChI is InChI=1S/C20H30N4OS/c1-2-23-13-15-24(16-14-23)12-6-11-21-19(25)9-5-10-20-22-17-7-3-4-8-18(17)26-20/h3-4,7-8H,2,5-6,9-16H2,1H3,(H,21,25). The van der Waals surface area contributed by atoms with Crippen molar-refractivity contribution in [3.63, 3.8) is 0 Å². The number of fused-ring (bicyclic) bond motifs is 1. The van der Waals surface area contributed by atoms with E-state index in [0.717, 1.165) is 62.5 Å². The van der Waals surface area contributed by atoms with Crippen LogP contribution in [0.25, 0.3) is 10.2 Å². The zero-order chi connectivity index (χ0) is 18.2. The molecule has 26 heavy (non-hydrogen) atoms. The van der Waals surface area contributed by atoms with Crippen LogP contribution in [0.2, 0.25) is 0 Å². The topological polar surface area (TPSA) is 48.5 Å². The number of amides is 1. The minimum atomic E-state index is 0.168. The van der Waals surface area contributed by atoms with Crippen LogP contribution < -0.4 is 5.32 Å².